The largest absolute Gasteiger partial charge is 0.464 e. The molecule has 1 unspecified atom stereocenters. The highest BCUT2D eigenvalue weighted by atomic mass is 35.5. The van der Waals surface area contributed by atoms with Gasteiger partial charge in [0.25, 0.3) is 0 Å². The lowest BCUT2D eigenvalue weighted by Crippen LogP contribution is -2.26. The molecule has 0 aromatic heterocycles. The number of halogens is 1. The van der Waals surface area contributed by atoms with Gasteiger partial charge in [0.2, 0.25) is 0 Å². The molecule has 1 aromatic rings. The van der Waals surface area contributed by atoms with Gasteiger partial charge in [0, 0.05) is 11.6 Å². The molecule has 1 N–H and O–H groups in total. The van der Waals surface area contributed by atoms with E-state index >= 15 is 0 Å². The minimum atomic E-state index is -0.787. The molecule has 1 aromatic carbocycles. The number of carbonyl (C=O) groups excluding carboxylic acids is 1. The number of rotatable bonds is 5. The summed E-state index contributed by atoms with van der Waals surface area (Å²) in [5.74, 6) is -0.745. The van der Waals surface area contributed by atoms with Crippen LogP contribution >= 0.6 is 11.6 Å². The Morgan fingerprint density at radius 3 is 2.50 bits per heavy atom. The Morgan fingerprint density at radius 2 is 2.06 bits per heavy atom. The van der Waals surface area contributed by atoms with E-state index < -0.39 is 12.1 Å². The Morgan fingerprint density at radius 1 is 1.44 bits per heavy atom. The van der Waals surface area contributed by atoms with Crippen LogP contribution in [0.15, 0.2) is 29.4 Å². The van der Waals surface area contributed by atoms with Gasteiger partial charge in [-0.1, -0.05) is 28.9 Å². The quantitative estimate of drug-likeness (QED) is 0.386. The third-order valence-electron chi connectivity index (χ3n) is 2.26. The molecular weight excluding hydrogens is 258 g/mol. The van der Waals surface area contributed by atoms with Gasteiger partial charge in [0.15, 0.2) is 5.71 Å². The SMILES string of the molecule is CCOC(/C(=N/O)C(=O)OC)c1ccc(Cl)cc1. The molecule has 1 rings (SSSR count). The maximum atomic E-state index is 11.5. The number of hydrogen-bond acceptors (Lipinski definition) is 5. The van der Waals surface area contributed by atoms with Crippen molar-refractivity contribution in [1.29, 1.82) is 0 Å². The molecule has 0 bridgehead atoms. The maximum Gasteiger partial charge on any atom is 0.358 e. The molecule has 0 radical (unpaired) electrons. The van der Waals surface area contributed by atoms with Gasteiger partial charge >= 0.3 is 5.97 Å². The molecule has 0 aliphatic heterocycles. The van der Waals surface area contributed by atoms with E-state index in [-0.39, 0.29) is 5.71 Å². The number of methoxy groups -OCH3 is 1. The van der Waals surface area contributed by atoms with E-state index in [1.807, 2.05) is 0 Å². The third-order valence-corrected chi connectivity index (χ3v) is 2.51. The van der Waals surface area contributed by atoms with Gasteiger partial charge in [-0.05, 0) is 24.6 Å². The van der Waals surface area contributed by atoms with Gasteiger partial charge in [-0.2, -0.15) is 0 Å². The summed E-state index contributed by atoms with van der Waals surface area (Å²) in [7, 11) is 1.21. The van der Waals surface area contributed by atoms with E-state index in [4.69, 9.17) is 21.5 Å². The molecule has 6 heteroatoms. The van der Waals surface area contributed by atoms with Crippen molar-refractivity contribution in [2.45, 2.75) is 13.0 Å². The molecule has 0 amide bonds. The summed E-state index contributed by atoms with van der Waals surface area (Å²) >= 11 is 5.78. The van der Waals surface area contributed by atoms with Gasteiger partial charge in [-0.25, -0.2) is 4.79 Å². The van der Waals surface area contributed by atoms with E-state index in [9.17, 15) is 4.79 Å². The fraction of sp³-hybridized carbons (Fsp3) is 0.333. The van der Waals surface area contributed by atoms with Crippen molar-refractivity contribution in [3.63, 3.8) is 0 Å². The fourth-order valence-electron chi connectivity index (χ4n) is 1.44. The number of oxime groups is 1. The number of nitrogens with zero attached hydrogens (tertiary/aromatic N) is 1. The maximum absolute atomic E-state index is 11.5. The summed E-state index contributed by atoms with van der Waals surface area (Å²) in [6.07, 6.45) is -0.787. The molecule has 0 aliphatic rings. The zero-order valence-electron chi connectivity index (χ0n) is 10.1. The average Bonchev–Trinajstić information content (AvgIpc) is 2.39. The van der Waals surface area contributed by atoms with Gasteiger partial charge in [0.05, 0.1) is 7.11 Å². The molecule has 18 heavy (non-hydrogen) atoms. The first-order valence-electron chi connectivity index (χ1n) is 5.31. The predicted octanol–water partition coefficient (Wildman–Crippen LogP) is 2.42. The average molecular weight is 272 g/mol. The van der Waals surface area contributed by atoms with Crippen molar-refractivity contribution in [3.05, 3.63) is 34.9 Å². The minimum Gasteiger partial charge on any atom is -0.464 e. The summed E-state index contributed by atoms with van der Waals surface area (Å²) in [4.78, 5) is 11.5. The molecule has 1 atom stereocenters. The van der Waals surface area contributed by atoms with Crippen LogP contribution in [-0.2, 0) is 14.3 Å². The van der Waals surface area contributed by atoms with E-state index in [1.165, 1.54) is 7.11 Å². The summed E-state index contributed by atoms with van der Waals surface area (Å²) in [6, 6.07) is 6.71. The zero-order chi connectivity index (χ0) is 13.5. The lowest BCUT2D eigenvalue weighted by Gasteiger charge is -2.17. The van der Waals surface area contributed by atoms with E-state index in [2.05, 4.69) is 9.89 Å². The van der Waals surface area contributed by atoms with Crippen molar-refractivity contribution in [2.75, 3.05) is 13.7 Å². The van der Waals surface area contributed by atoms with Crippen molar-refractivity contribution in [3.8, 4) is 0 Å². The predicted molar refractivity (Wildman–Crippen MR) is 67.1 cm³/mol. The summed E-state index contributed by atoms with van der Waals surface area (Å²) in [5.41, 5.74) is 0.445. The summed E-state index contributed by atoms with van der Waals surface area (Å²) < 4.78 is 9.95. The second-order valence-corrected chi connectivity index (χ2v) is 3.80. The smallest absolute Gasteiger partial charge is 0.358 e. The molecule has 0 heterocycles. The highest BCUT2D eigenvalue weighted by Gasteiger charge is 2.26. The topological polar surface area (TPSA) is 68.1 Å². The number of benzene rings is 1. The standard InChI is InChI=1S/C12H14ClNO4/c1-3-18-11(10(14-16)12(15)17-2)8-4-6-9(13)7-5-8/h4-7,11,16H,3H2,1-2H3/b14-10-. The Kier molecular flexibility index (Phi) is 5.61. The van der Waals surface area contributed by atoms with E-state index in [1.54, 1.807) is 31.2 Å². The number of carbonyl (C=O) groups is 1. The van der Waals surface area contributed by atoms with Crippen LogP contribution in [0.25, 0.3) is 0 Å². The zero-order valence-corrected chi connectivity index (χ0v) is 10.8. The monoisotopic (exact) mass is 271 g/mol. The minimum absolute atomic E-state index is 0.207. The number of ether oxygens (including phenoxy) is 2. The molecule has 98 valence electrons. The molecule has 0 saturated carbocycles. The Balaban J connectivity index is 3.08. The van der Waals surface area contributed by atoms with Crippen LogP contribution in [0, 0.1) is 0 Å². The van der Waals surface area contributed by atoms with Crippen LogP contribution in [0.4, 0.5) is 0 Å². The molecule has 5 nitrogen and oxygen atoms in total. The Labute approximate surface area is 110 Å². The Bertz CT molecular complexity index is 430. The lowest BCUT2D eigenvalue weighted by molar-refractivity contribution is -0.133. The van der Waals surface area contributed by atoms with Crippen LogP contribution in [-0.4, -0.2) is 30.6 Å². The van der Waals surface area contributed by atoms with Gasteiger partial charge in [0.1, 0.15) is 6.10 Å². The van der Waals surface area contributed by atoms with E-state index in [0.717, 1.165) is 0 Å². The Hall–Kier alpha value is -1.59. The summed E-state index contributed by atoms with van der Waals surface area (Å²) in [5, 5.41) is 12.4. The highest BCUT2D eigenvalue weighted by molar-refractivity contribution is 6.38. The second-order valence-electron chi connectivity index (χ2n) is 3.36. The molecule has 0 aliphatic carbocycles. The second kappa shape index (κ2) is 6.98. The van der Waals surface area contributed by atoms with Crippen LogP contribution in [0.3, 0.4) is 0 Å². The van der Waals surface area contributed by atoms with Crippen LogP contribution in [0.2, 0.25) is 5.02 Å². The van der Waals surface area contributed by atoms with Crippen molar-refractivity contribution >= 4 is 23.3 Å². The first kappa shape index (κ1) is 14.5. The molecule has 0 saturated heterocycles. The lowest BCUT2D eigenvalue weighted by atomic mass is 10.0. The number of hydrogen-bond donors (Lipinski definition) is 1. The van der Waals surface area contributed by atoms with Gasteiger partial charge in [-0.3, -0.25) is 0 Å². The first-order valence-corrected chi connectivity index (χ1v) is 5.69. The highest BCUT2D eigenvalue weighted by Crippen LogP contribution is 2.22. The van der Waals surface area contributed by atoms with Crippen molar-refractivity contribution in [1.82, 2.24) is 0 Å². The number of esters is 1. The molecular formula is C12H14ClNO4. The fourth-order valence-corrected chi connectivity index (χ4v) is 1.57. The van der Waals surface area contributed by atoms with Gasteiger partial charge in [-0.15, -0.1) is 0 Å². The first-order chi connectivity index (χ1) is 8.63. The van der Waals surface area contributed by atoms with Gasteiger partial charge < -0.3 is 14.7 Å². The van der Waals surface area contributed by atoms with Crippen molar-refractivity contribution < 1.29 is 19.5 Å². The normalized spacial score (nSPS) is 13.2. The van der Waals surface area contributed by atoms with Crippen molar-refractivity contribution in [2.24, 2.45) is 5.16 Å². The molecule has 0 spiro atoms. The van der Waals surface area contributed by atoms with Crippen LogP contribution < -0.4 is 0 Å². The third kappa shape index (κ3) is 3.45. The van der Waals surface area contributed by atoms with E-state index in [0.29, 0.717) is 17.2 Å². The molecule has 0 fully saturated rings. The summed E-state index contributed by atoms with van der Waals surface area (Å²) in [6.45, 7) is 2.12. The van der Waals surface area contributed by atoms with Crippen LogP contribution in [0.1, 0.15) is 18.6 Å². The van der Waals surface area contributed by atoms with Crippen LogP contribution in [0.5, 0.6) is 0 Å².